The first-order chi connectivity index (χ1) is 14.0. The number of hydrogen-bond donors (Lipinski definition) is 0. The Bertz CT molecular complexity index is 1080. The lowest BCUT2D eigenvalue weighted by Crippen LogP contribution is -2.30. The summed E-state index contributed by atoms with van der Waals surface area (Å²) in [6, 6.07) is 3.40. The van der Waals surface area contributed by atoms with E-state index in [2.05, 4.69) is 33.3 Å². The third-order valence-corrected chi connectivity index (χ3v) is 5.62. The summed E-state index contributed by atoms with van der Waals surface area (Å²) in [6.45, 7) is 7.69. The molecule has 0 fully saturated rings. The molecule has 4 rings (SSSR count). The fraction of sp³-hybridized carbons (Fsp3) is 0.429. The number of benzene rings is 1. The molecular weight excluding hydrogens is 390 g/mol. The summed E-state index contributed by atoms with van der Waals surface area (Å²) in [5.74, 6) is 1.15. The molecule has 3 aromatic rings. The van der Waals surface area contributed by atoms with Crippen LogP contribution in [0.2, 0.25) is 5.02 Å². The fourth-order valence-corrected chi connectivity index (χ4v) is 4.27. The van der Waals surface area contributed by atoms with E-state index in [1.807, 2.05) is 6.92 Å². The summed E-state index contributed by atoms with van der Waals surface area (Å²) >= 11 is 6.46. The van der Waals surface area contributed by atoms with Gasteiger partial charge in [-0.2, -0.15) is 0 Å². The molecule has 0 radical (unpaired) electrons. The Labute approximate surface area is 174 Å². The first kappa shape index (κ1) is 19.6. The van der Waals surface area contributed by atoms with Crippen molar-refractivity contribution in [3.8, 4) is 0 Å². The maximum absolute atomic E-state index is 12.4. The monoisotopic (exact) mass is 413 g/mol. The van der Waals surface area contributed by atoms with Crippen LogP contribution in [0.4, 0.5) is 11.6 Å². The van der Waals surface area contributed by atoms with E-state index < -0.39 is 5.97 Å². The predicted molar refractivity (Wildman–Crippen MR) is 113 cm³/mol. The molecule has 0 amide bonds. The third kappa shape index (κ3) is 3.13. The number of imidazole rings is 1. The Morgan fingerprint density at radius 2 is 1.83 bits per heavy atom. The lowest BCUT2D eigenvalue weighted by molar-refractivity contribution is 0.0602. The zero-order chi connectivity index (χ0) is 20.7. The number of carbonyl (C=O) groups excluding carboxylic acids is 1. The largest absolute Gasteiger partial charge is 0.465 e. The molecule has 0 bridgehead atoms. The number of carbonyl (C=O) groups is 1. The van der Waals surface area contributed by atoms with E-state index >= 15 is 0 Å². The molecule has 0 spiro atoms. The number of aryl methyl sites for hydroxylation is 4. The highest BCUT2D eigenvalue weighted by molar-refractivity contribution is 6.35. The van der Waals surface area contributed by atoms with Crippen molar-refractivity contribution in [3.05, 3.63) is 39.9 Å². The molecule has 0 unspecified atom stereocenters. The maximum Gasteiger partial charge on any atom is 0.340 e. The molecule has 1 aromatic carbocycles. The van der Waals surface area contributed by atoms with Crippen LogP contribution in [0.15, 0.2) is 12.1 Å². The van der Waals surface area contributed by atoms with Gasteiger partial charge in [-0.25, -0.2) is 19.7 Å². The number of fused-ring (bicyclic) bond motifs is 3. The number of aromatic nitrogens is 4. The fourth-order valence-electron chi connectivity index (χ4n) is 4.08. The molecule has 152 valence electrons. The smallest absolute Gasteiger partial charge is 0.340 e. The van der Waals surface area contributed by atoms with Gasteiger partial charge >= 0.3 is 5.97 Å². The lowest BCUT2D eigenvalue weighted by Gasteiger charge is -2.31. The minimum Gasteiger partial charge on any atom is -0.465 e. The third-order valence-electron chi connectivity index (χ3n) is 5.32. The van der Waals surface area contributed by atoms with Gasteiger partial charge in [0.25, 0.3) is 0 Å². The van der Waals surface area contributed by atoms with Gasteiger partial charge in [0.15, 0.2) is 0 Å². The van der Waals surface area contributed by atoms with Gasteiger partial charge < -0.3 is 14.2 Å². The number of esters is 1. The summed E-state index contributed by atoms with van der Waals surface area (Å²) in [4.78, 5) is 28.8. The first-order valence-electron chi connectivity index (χ1n) is 9.91. The van der Waals surface area contributed by atoms with Gasteiger partial charge in [0.2, 0.25) is 5.95 Å². The Kier molecular flexibility index (Phi) is 5.17. The summed E-state index contributed by atoms with van der Waals surface area (Å²) in [6.07, 6.45) is 2.51. The van der Waals surface area contributed by atoms with Crippen LogP contribution >= 0.6 is 11.6 Å². The summed E-state index contributed by atoms with van der Waals surface area (Å²) in [5.41, 5.74) is 4.84. The number of ether oxygens (including phenoxy) is 1. The van der Waals surface area contributed by atoms with E-state index in [0.29, 0.717) is 21.6 Å². The summed E-state index contributed by atoms with van der Waals surface area (Å²) in [7, 11) is 1.38. The number of rotatable bonds is 4. The van der Waals surface area contributed by atoms with Gasteiger partial charge in [0.1, 0.15) is 11.3 Å². The number of halogens is 1. The molecule has 0 N–H and O–H groups in total. The summed E-state index contributed by atoms with van der Waals surface area (Å²) < 4.78 is 7.05. The van der Waals surface area contributed by atoms with E-state index in [0.717, 1.165) is 61.2 Å². The average molecular weight is 414 g/mol. The molecule has 7 nitrogen and oxygen atoms in total. The van der Waals surface area contributed by atoms with Crippen LogP contribution < -0.4 is 4.90 Å². The minimum atomic E-state index is -0.395. The van der Waals surface area contributed by atoms with Crippen molar-refractivity contribution < 1.29 is 9.53 Å². The van der Waals surface area contributed by atoms with E-state index in [-0.39, 0.29) is 0 Å². The van der Waals surface area contributed by atoms with Crippen molar-refractivity contribution in [1.82, 2.24) is 19.5 Å². The molecule has 1 aliphatic heterocycles. The van der Waals surface area contributed by atoms with Crippen molar-refractivity contribution in [2.75, 3.05) is 18.6 Å². The van der Waals surface area contributed by atoms with Gasteiger partial charge in [0, 0.05) is 13.1 Å². The van der Waals surface area contributed by atoms with E-state index in [9.17, 15) is 4.79 Å². The second-order valence-electron chi connectivity index (χ2n) is 7.07. The molecule has 2 aromatic heterocycles. The van der Waals surface area contributed by atoms with Gasteiger partial charge in [-0.15, -0.1) is 0 Å². The molecule has 1 aliphatic rings. The highest BCUT2D eigenvalue weighted by atomic mass is 35.5. The number of methoxy groups -OCH3 is 1. The van der Waals surface area contributed by atoms with Crippen molar-refractivity contribution in [3.63, 3.8) is 0 Å². The Morgan fingerprint density at radius 1 is 1.14 bits per heavy atom. The maximum atomic E-state index is 12.4. The zero-order valence-corrected chi connectivity index (χ0v) is 17.9. The van der Waals surface area contributed by atoms with Crippen LogP contribution in [0.5, 0.6) is 0 Å². The van der Waals surface area contributed by atoms with E-state index in [1.165, 1.54) is 7.11 Å². The van der Waals surface area contributed by atoms with E-state index in [1.54, 1.807) is 12.1 Å². The average Bonchev–Trinajstić information content (AvgIpc) is 3.13. The molecule has 0 saturated carbocycles. The normalized spacial score (nSPS) is 13.6. The van der Waals surface area contributed by atoms with Gasteiger partial charge in [-0.3, -0.25) is 0 Å². The SMILES string of the molecule is CCc1nc(C)nc(CC)c1N1CCCn2c1nc1c(Cl)ccc(C(=O)OC)c12. The second kappa shape index (κ2) is 7.63. The van der Waals surface area contributed by atoms with Crippen molar-refractivity contribution >= 4 is 40.2 Å². The molecule has 3 heterocycles. The Morgan fingerprint density at radius 3 is 2.45 bits per heavy atom. The van der Waals surface area contributed by atoms with Crippen molar-refractivity contribution in [2.45, 2.75) is 46.6 Å². The van der Waals surface area contributed by atoms with Crippen LogP contribution in [-0.4, -0.2) is 39.1 Å². The van der Waals surface area contributed by atoms with Crippen LogP contribution in [0.1, 0.15) is 47.8 Å². The molecule has 0 aliphatic carbocycles. The van der Waals surface area contributed by atoms with Crippen molar-refractivity contribution in [2.24, 2.45) is 0 Å². The van der Waals surface area contributed by atoms with Crippen molar-refractivity contribution in [1.29, 1.82) is 0 Å². The molecule has 0 atom stereocenters. The van der Waals surface area contributed by atoms with Gasteiger partial charge in [-0.1, -0.05) is 25.4 Å². The second-order valence-corrected chi connectivity index (χ2v) is 7.48. The van der Waals surface area contributed by atoms with Crippen LogP contribution in [0, 0.1) is 6.92 Å². The van der Waals surface area contributed by atoms with Gasteiger partial charge in [0.05, 0.1) is 40.3 Å². The Balaban J connectivity index is 1.99. The molecular formula is C21H24ClN5O2. The minimum absolute atomic E-state index is 0.395. The Hall–Kier alpha value is -2.67. The first-order valence-corrected chi connectivity index (χ1v) is 10.3. The van der Waals surface area contributed by atoms with Crippen LogP contribution in [0.3, 0.4) is 0 Å². The molecule has 8 heteroatoms. The summed E-state index contributed by atoms with van der Waals surface area (Å²) in [5, 5.41) is 0.515. The highest BCUT2D eigenvalue weighted by Crippen LogP contribution is 2.38. The highest BCUT2D eigenvalue weighted by Gasteiger charge is 2.29. The van der Waals surface area contributed by atoms with Crippen LogP contribution in [0.25, 0.3) is 11.0 Å². The number of hydrogen-bond acceptors (Lipinski definition) is 6. The van der Waals surface area contributed by atoms with Crippen LogP contribution in [-0.2, 0) is 24.1 Å². The lowest BCUT2D eigenvalue weighted by atomic mass is 10.1. The molecule has 29 heavy (non-hydrogen) atoms. The predicted octanol–water partition coefficient (Wildman–Crippen LogP) is 4.24. The number of anilines is 2. The van der Waals surface area contributed by atoms with E-state index in [4.69, 9.17) is 21.3 Å². The zero-order valence-electron chi connectivity index (χ0n) is 17.1. The number of nitrogens with zero attached hydrogens (tertiary/aromatic N) is 5. The quantitative estimate of drug-likeness (QED) is 0.595. The van der Waals surface area contributed by atoms with Gasteiger partial charge in [-0.05, 0) is 38.3 Å². The topological polar surface area (TPSA) is 73.1 Å². The standard InChI is InChI=1S/C21H24ClN5O2/c1-5-15-19(16(6-2)24-12(3)23-15)27-11-7-10-26-18-13(20(28)29-4)8-9-14(22)17(18)25-21(26)27/h8-9H,5-7,10-11H2,1-4H3. The molecule has 0 saturated heterocycles.